The van der Waals surface area contributed by atoms with E-state index in [-0.39, 0.29) is 0 Å². The number of piperidine rings is 1. The van der Waals surface area contributed by atoms with Gasteiger partial charge in [-0.15, -0.1) is 0 Å². The van der Waals surface area contributed by atoms with Crippen LogP contribution in [-0.2, 0) is 6.42 Å². The molecule has 5 rings (SSSR count). The van der Waals surface area contributed by atoms with Crippen LogP contribution >= 0.6 is 0 Å². The zero-order valence-corrected chi connectivity index (χ0v) is 14.4. The fourth-order valence-electron chi connectivity index (χ4n) is 4.84. The van der Waals surface area contributed by atoms with Crippen LogP contribution in [-0.4, -0.2) is 46.0 Å². The van der Waals surface area contributed by atoms with Crippen molar-refractivity contribution >= 4 is 16.7 Å². The molecule has 1 aliphatic heterocycles. The van der Waals surface area contributed by atoms with Crippen LogP contribution in [0.1, 0.15) is 23.5 Å². The maximum Gasteiger partial charge on any atom is 0.144 e. The summed E-state index contributed by atoms with van der Waals surface area (Å²) in [5, 5.41) is 4.93. The molecule has 0 amide bonds. The zero-order chi connectivity index (χ0) is 16.8. The van der Waals surface area contributed by atoms with Crippen molar-refractivity contribution in [2.75, 3.05) is 25.5 Å². The summed E-state index contributed by atoms with van der Waals surface area (Å²) in [6.45, 7) is 2.08. The molecular formula is C20H23N5. The van der Waals surface area contributed by atoms with E-state index >= 15 is 0 Å². The Balaban J connectivity index is 1.40. The van der Waals surface area contributed by atoms with Gasteiger partial charge in [0.1, 0.15) is 5.82 Å². The molecule has 3 aromatic rings. The number of anilines is 1. The Hall–Kier alpha value is -2.40. The predicted molar refractivity (Wildman–Crippen MR) is 99.8 cm³/mol. The summed E-state index contributed by atoms with van der Waals surface area (Å²) in [5.74, 6) is 2.09. The number of hydrogen-bond donors (Lipinski definition) is 2. The lowest BCUT2D eigenvalue weighted by Gasteiger charge is -2.45. The van der Waals surface area contributed by atoms with Crippen molar-refractivity contribution in [1.29, 1.82) is 0 Å². The molecule has 25 heavy (non-hydrogen) atoms. The van der Waals surface area contributed by atoms with E-state index in [9.17, 15) is 0 Å². The van der Waals surface area contributed by atoms with Crippen LogP contribution in [0, 0.1) is 5.92 Å². The van der Waals surface area contributed by atoms with E-state index in [1.54, 1.807) is 18.6 Å². The number of fused-ring (bicyclic) bond motifs is 2. The van der Waals surface area contributed by atoms with E-state index in [4.69, 9.17) is 0 Å². The Kier molecular flexibility index (Phi) is 3.48. The number of nitrogens with one attached hydrogen (secondary N) is 2. The van der Waals surface area contributed by atoms with Crippen molar-refractivity contribution in [3.8, 4) is 0 Å². The molecule has 3 atom stereocenters. The first-order valence-electron chi connectivity index (χ1n) is 9.08. The minimum atomic E-state index is 0.611. The first-order chi connectivity index (χ1) is 12.3. The van der Waals surface area contributed by atoms with E-state index in [0.717, 1.165) is 25.3 Å². The third-order valence-electron chi connectivity index (χ3n) is 5.95. The minimum Gasteiger partial charge on any atom is -0.368 e. The Morgan fingerprint density at radius 2 is 2.28 bits per heavy atom. The quantitative estimate of drug-likeness (QED) is 0.773. The van der Waals surface area contributed by atoms with Gasteiger partial charge in [0.2, 0.25) is 0 Å². The summed E-state index contributed by atoms with van der Waals surface area (Å²) in [4.78, 5) is 14.5. The minimum absolute atomic E-state index is 0.611. The predicted octanol–water partition coefficient (Wildman–Crippen LogP) is 3.03. The highest BCUT2D eigenvalue weighted by atomic mass is 15.2. The molecule has 0 spiro atoms. The van der Waals surface area contributed by atoms with Gasteiger partial charge in [-0.1, -0.05) is 12.1 Å². The second kappa shape index (κ2) is 5.85. The highest BCUT2D eigenvalue weighted by Gasteiger charge is 2.39. The van der Waals surface area contributed by atoms with Gasteiger partial charge in [0, 0.05) is 54.5 Å². The van der Waals surface area contributed by atoms with E-state index in [1.807, 2.05) is 0 Å². The molecule has 3 heterocycles. The summed E-state index contributed by atoms with van der Waals surface area (Å²) in [6, 6.07) is 7.34. The lowest BCUT2D eigenvalue weighted by molar-refractivity contribution is 0.117. The monoisotopic (exact) mass is 333 g/mol. The summed E-state index contributed by atoms with van der Waals surface area (Å²) >= 11 is 0. The molecule has 128 valence electrons. The third-order valence-corrected chi connectivity index (χ3v) is 5.95. The topological polar surface area (TPSA) is 56.8 Å². The summed E-state index contributed by atoms with van der Waals surface area (Å²) < 4.78 is 0. The van der Waals surface area contributed by atoms with Crippen molar-refractivity contribution in [3.05, 3.63) is 54.1 Å². The van der Waals surface area contributed by atoms with Crippen LogP contribution in [0.4, 0.5) is 5.82 Å². The van der Waals surface area contributed by atoms with Crippen LogP contribution in [0.15, 0.2) is 43.0 Å². The van der Waals surface area contributed by atoms with Crippen molar-refractivity contribution < 1.29 is 0 Å². The summed E-state index contributed by atoms with van der Waals surface area (Å²) in [6.07, 6.45) is 9.83. The first-order valence-corrected chi connectivity index (χ1v) is 9.08. The molecule has 2 N–H and O–H groups in total. The second-order valence-corrected chi connectivity index (χ2v) is 7.47. The van der Waals surface area contributed by atoms with Gasteiger partial charge in [0.05, 0.1) is 6.20 Å². The molecule has 5 nitrogen and oxygen atoms in total. The van der Waals surface area contributed by atoms with Gasteiger partial charge in [0.15, 0.2) is 0 Å². The average Bonchev–Trinajstić information content (AvgIpc) is 3.06. The fraction of sp³-hybridized carbons (Fsp3) is 0.400. The molecule has 1 aromatic carbocycles. The maximum absolute atomic E-state index is 4.33. The van der Waals surface area contributed by atoms with E-state index in [1.165, 1.54) is 28.5 Å². The number of rotatable bonds is 3. The molecule has 1 saturated heterocycles. The van der Waals surface area contributed by atoms with Crippen LogP contribution in [0.2, 0.25) is 0 Å². The largest absolute Gasteiger partial charge is 0.368 e. The van der Waals surface area contributed by atoms with E-state index in [2.05, 4.69) is 56.6 Å². The van der Waals surface area contributed by atoms with Crippen LogP contribution in [0.3, 0.4) is 0 Å². The van der Waals surface area contributed by atoms with Crippen molar-refractivity contribution in [2.45, 2.75) is 24.8 Å². The molecule has 1 unspecified atom stereocenters. The molecular weight excluding hydrogens is 310 g/mol. The molecule has 1 aliphatic carbocycles. The second-order valence-electron chi connectivity index (χ2n) is 7.47. The first kappa shape index (κ1) is 14.9. The molecule has 0 radical (unpaired) electrons. The summed E-state index contributed by atoms with van der Waals surface area (Å²) in [5.41, 5.74) is 4.30. The van der Waals surface area contributed by atoms with Gasteiger partial charge in [-0.3, -0.25) is 4.98 Å². The number of nitrogens with zero attached hydrogens (tertiary/aromatic N) is 3. The van der Waals surface area contributed by atoms with Crippen molar-refractivity contribution in [1.82, 2.24) is 19.9 Å². The van der Waals surface area contributed by atoms with Crippen LogP contribution < -0.4 is 5.32 Å². The number of likely N-dealkylation sites (N-methyl/N-ethyl adjacent to an activating group) is 1. The number of benzene rings is 1. The molecule has 1 fully saturated rings. The SMILES string of the molecule is CN1C[C@H](CNc2cnccn2)CC2c3cccc4[nH]cc(c34)C[C@H]21. The standard InChI is InChI=1S/C20H23N5/c1-25-12-13(9-24-19-11-21-5-6-22-19)7-16-15-3-2-4-17-20(15)14(10-23-17)8-18(16)25/h2-6,10-11,13,16,18,23H,7-9,12H2,1H3,(H,22,24)/t13-,16?,18+/m0/s1. The zero-order valence-electron chi connectivity index (χ0n) is 14.4. The number of H-pyrrole nitrogens is 1. The van der Waals surface area contributed by atoms with Crippen molar-refractivity contribution in [3.63, 3.8) is 0 Å². The maximum atomic E-state index is 4.33. The average molecular weight is 333 g/mol. The van der Waals surface area contributed by atoms with Gasteiger partial charge in [0.25, 0.3) is 0 Å². The van der Waals surface area contributed by atoms with Gasteiger partial charge in [-0.25, -0.2) is 4.98 Å². The molecule has 2 aromatic heterocycles. The molecule has 2 aliphatic rings. The summed E-state index contributed by atoms with van der Waals surface area (Å²) in [7, 11) is 2.28. The van der Waals surface area contributed by atoms with Gasteiger partial charge in [-0.05, 0) is 43.0 Å². The highest BCUT2D eigenvalue weighted by Crippen LogP contribution is 2.44. The molecule has 5 heteroatoms. The molecule has 0 bridgehead atoms. The van der Waals surface area contributed by atoms with E-state index in [0.29, 0.717) is 17.9 Å². The smallest absolute Gasteiger partial charge is 0.144 e. The Morgan fingerprint density at radius 1 is 1.32 bits per heavy atom. The number of aromatic nitrogens is 3. The Labute approximate surface area is 147 Å². The van der Waals surface area contributed by atoms with Crippen LogP contribution in [0.5, 0.6) is 0 Å². The highest BCUT2D eigenvalue weighted by molar-refractivity contribution is 5.88. The van der Waals surface area contributed by atoms with E-state index < -0.39 is 0 Å². The van der Waals surface area contributed by atoms with Crippen molar-refractivity contribution in [2.24, 2.45) is 5.92 Å². The Morgan fingerprint density at radius 3 is 3.16 bits per heavy atom. The van der Waals surface area contributed by atoms with Crippen LogP contribution in [0.25, 0.3) is 10.9 Å². The number of aromatic amines is 1. The number of hydrogen-bond acceptors (Lipinski definition) is 4. The fourth-order valence-corrected chi connectivity index (χ4v) is 4.84. The third kappa shape index (κ3) is 2.50. The van der Waals surface area contributed by atoms with Gasteiger partial charge >= 0.3 is 0 Å². The molecule has 0 saturated carbocycles. The lowest BCUT2D eigenvalue weighted by atomic mass is 9.72. The number of likely N-dealkylation sites (tertiary alicyclic amines) is 1. The lowest BCUT2D eigenvalue weighted by Crippen LogP contribution is -2.49. The normalized spacial score (nSPS) is 25.7. The van der Waals surface area contributed by atoms with Gasteiger partial charge < -0.3 is 15.2 Å². The Bertz CT molecular complexity index is 887. The van der Waals surface area contributed by atoms with Gasteiger partial charge in [-0.2, -0.15) is 0 Å².